The van der Waals surface area contributed by atoms with Gasteiger partial charge in [0.2, 0.25) is 5.89 Å². The van der Waals surface area contributed by atoms with Crippen LogP contribution >= 0.6 is 0 Å². The fraction of sp³-hybridized carbons (Fsp3) is 0.333. The SMILES string of the molecule is O=C1COc2ccc(-n3nc(CCCO)oc3=O)nc2N1. The first kappa shape index (κ1) is 13.3. The molecule has 1 amide bonds. The van der Waals surface area contributed by atoms with Crippen LogP contribution in [-0.2, 0) is 11.2 Å². The average Bonchev–Trinajstić information content (AvgIpc) is 2.85. The Morgan fingerprint density at radius 3 is 3.05 bits per heavy atom. The molecule has 0 aromatic carbocycles. The van der Waals surface area contributed by atoms with Gasteiger partial charge in [-0.1, -0.05) is 0 Å². The van der Waals surface area contributed by atoms with Crippen LogP contribution in [0.15, 0.2) is 21.3 Å². The molecule has 110 valence electrons. The van der Waals surface area contributed by atoms with Crippen LogP contribution in [0.3, 0.4) is 0 Å². The molecule has 2 N–H and O–H groups in total. The van der Waals surface area contributed by atoms with E-state index in [4.69, 9.17) is 14.3 Å². The fourth-order valence-corrected chi connectivity index (χ4v) is 1.86. The summed E-state index contributed by atoms with van der Waals surface area (Å²) in [5, 5.41) is 15.3. The molecule has 3 heterocycles. The molecule has 2 aromatic rings. The summed E-state index contributed by atoms with van der Waals surface area (Å²) in [5.74, 6) is 0.0880. The van der Waals surface area contributed by atoms with Gasteiger partial charge in [0, 0.05) is 13.0 Å². The van der Waals surface area contributed by atoms with Crippen LogP contribution in [0.4, 0.5) is 5.82 Å². The van der Waals surface area contributed by atoms with Crippen LogP contribution in [0, 0.1) is 0 Å². The number of amides is 1. The number of anilines is 1. The molecule has 0 unspecified atom stereocenters. The number of aryl methyl sites for hydroxylation is 1. The molecule has 3 rings (SSSR count). The molecule has 0 radical (unpaired) electrons. The molecule has 9 nitrogen and oxygen atoms in total. The summed E-state index contributed by atoms with van der Waals surface area (Å²) in [6.07, 6.45) is 0.797. The zero-order valence-corrected chi connectivity index (χ0v) is 10.9. The largest absolute Gasteiger partial charge is 0.480 e. The topological polar surface area (TPSA) is 119 Å². The van der Waals surface area contributed by atoms with Gasteiger partial charge in [-0.3, -0.25) is 4.79 Å². The number of fused-ring (bicyclic) bond motifs is 1. The smallest absolute Gasteiger partial charge is 0.443 e. The van der Waals surface area contributed by atoms with Gasteiger partial charge in [0.25, 0.3) is 5.91 Å². The Hall–Kier alpha value is -2.68. The predicted molar refractivity (Wildman–Crippen MR) is 69.4 cm³/mol. The van der Waals surface area contributed by atoms with Crippen LogP contribution in [0.1, 0.15) is 12.3 Å². The van der Waals surface area contributed by atoms with E-state index in [2.05, 4.69) is 15.4 Å². The molecular formula is C12H12N4O5. The van der Waals surface area contributed by atoms with E-state index in [9.17, 15) is 9.59 Å². The minimum Gasteiger partial charge on any atom is -0.480 e. The number of aromatic nitrogens is 3. The second-order valence-electron chi connectivity index (χ2n) is 4.35. The van der Waals surface area contributed by atoms with E-state index in [-0.39, 0.29) is 36.6 Å². The standard InChI is InChI=1S/C12H12N4O5/c17-5-1-2-10-15-16(12(19)21-10)8-4-3-7-11(13-8)14-9(18)6-20-7/h3-4,17H,1-2,5-6H2,(H,13,14,18). The van der Waals surface area contributed by atoms with Crippen LogP contribution in [0.25, 0.3) is 5.82 Å². The highest BCUT2D eigenvalue weighted by Gasteiger charge is 2.19. The van der Waals surface area contributed by atoms with Crippen molar-refractivity contribution >= 4 is 11.7 Å². The minimum absolute atomic E-state index is 0.0168. The number of hydrogen-bond acceptors (Lipinski definition) is 7. The molecule has 0 spiro atoms. The molecule has 0 atom stereocenters. The van der Waals surface area contributed by atoms with Crippen molar-refractivity contribution in [3.63, 3.8) is 0 Å². The molecule has 21 heavy (non-hydrogen) atoms. The lowest BCUT2D eigenvalue weighted by Gasteiger charge is -2.16. The number of rotatable bonds is 4. The predicted octanol–water partition coefficient (Wildman–Crippen LogP) is -0.524. The van der Waals surface area contributed by atoms with Crippen molar-refractivity contribution in [3.05, 3.63) is 28.6 Å². The fourth-order valence-electron chi connectivity index (χ4n) is 1.86. The Balaban J connectivity index is 1.94. The average molecular weight is 292 g/mol. The summed E-state index contributed by atoms with van der Waals surface area (Å²) < 4.78 is 11.1. The molecule has 0 fully saturated rings. The third-order valence-electron chi connectivity index (χ3n) is 2.82. The van der Waals surface area contributed by atoms with Gasteiger partial charge in [0.05, 0.1) is 0 Å². The first-order chi connectivity index (χ1) is 10.2. The van der Waals surface area contributed by atoms with Gasteiger partial charge in [-0.15, -0.1) is 9.78 Å². The van der Waals surface area contributed by atoms with E-state index in [1.807, 2.05) is 0 Å². The number of pyridine rings is 1. The normalized spacial score (nSPS) is 13.5. The second kappa shape index (κ2) is 5.37. The molecule has 1 aliphatic rings. The number of carbonyl (C=O) groups is 1. The van der Waals surface area contributed by atoms with Gasteiger partial charge in [0.15, 0.2) is 24.0 Å². The maximum atomic E-state index is 11.7. The van der Waals surface area contributed by atoms with E-state index in [0.29, 0.717) is 18.6 Å². The number of nitrogens with one attached hydrogen (secondary N) is 1. The van der Waals surface area contributed by atoms with E-state index in [0.717, 1.165) is 4.68 Å². The van der Waals surface area contributed by atoms with Gasteiger partial charge in [-0.05, 0) is 18.6 Å². The third kappa shape index (κ3) is 2.63. The van der Waals surface area contributed by atoms with Crippen molar-refractivity contribution in [1.82, 2.24) is 14.8 Å². The lowest BCUT2D eigenvalue weighted by molar-refractivity contribution is -0.118. The molecule has 0 saturated carbocycles. The number of aliphatic hydroxyl groups excluding tert-OH is 1. The van der Waals surface area contributed by atoms with Crippen LogP contribution in [0.2, 0.25) is 0 Å². The minimum atomic E-state index is -0.682. The number of ether oxygens (including phenoxy) is 1. The molecule has 1 aliphatic heterocycles. The van der Waals surface area contributed by atoms with Crippen LogP contribution in [0.5, 0.6) is 5.75 Å². The number of hydrogen-bond donors (Lipinski definition) is 2. The summed E-state index contributed by atoms with van der Waals surface area (Å²) in [6.45, 7) is -0.0831. The van der Waals surface area contributed by atoms with Crippen molar-refractivity contribution in [1.29, 1.82) is 0 Å². The molecule has 0 aliphatic carbocycles. The van der Waals surface area contributed by atoms with E-state index in [1.54, 1.807) is 6.07 Å². The summed E-state index contributed by atoms with van der Waals surface area (Å²) in [5.41, 5.74) is 0. The van der Waals surface area contributed by atoms with E-state index >= 15 is 0 Å². The Morgan fingerprint density at radius 2 is 2.24 bits per heavy atom. The number of carbonyl (C=O) groups excluding carboxylic acids is 1. The number of nitrogens with zero attached hydrogens (tertiary/aromatic N) is 3. The van der Waals surface area contributed by atoms with Gasteiger partial charge >= 0.3 is 5.76 Å². The van der Waals surface area contributed by atoms with Gasteiger partial charge < -0.3 is 19.6 Å². The quantitative estimate of drug-likeness (QED) is 0.777. The molecule has 0 bridgehead atoms. The van der Waals surface area contributed by atoms with Gasteiger partial charge in [0.1, 0.15) is 0 Å². The highest BCUT2D eigenvalue weighted by molar-refractivity contribution is 5.94. The molecule has 0 saturated heterocycles. The third-order valence-corrected chi connectivity index (χ3v) is 2.82. The van der Waals surface area contributed by atoms with Gasteiger partial charge in [-0.25, -0.2) is 9.78 Å². The maximum absolute atomic E-state index is 11.7. The van der Waals surface area contributed by atoms with Crippen molar-refractivity contribution in [2.75, 3.05) is 18.5 Å². The summed E-state index contributed by atoms with van der Waals surface area (Å²) in [4.78, 5) is 27.1. The maximum Gasteiger partial charge on any atom is 0.443 e. The first-order valence-electron chi connectivity index (χ1n) is 6.31. The second-order valence-corrected chi connectivity index (χ2v) is 4.35. The Labute approximate surface area is 118 Å². The van der Waals surface area contributed by atoms with E-state index in [1.165, 1.54) is 6.07 Å². The highest BCUT2D eigenvalue weighted by Crippen LogP contribution is 2.25. The van der Waals surface area contributed by atoms with Crippen LogP contribution < -0.4 is 15.8 Å². The van der Waals surface area contributed by atoms with Crippen LogP contribution in [-0.4, -0.2) is 39.0 Å². The van der Waals surface area contributed by atoms with Gasteiger partial charge in [-0.2, -0.15) is 0 Å². The number of aliphatic hydroxyl groups is 1. The first-order valence-corrected chi connectivity index (χ1v) is 6.31. The summed E-state index contributed by atoms with van der Waals surface area (Å²) >= 11 is 0. The Morgan fingerprint density at radius 1 is 1.38 bits per heavy atom. The monoisotopic (exact) mass is 292 g/mol. The van der Waals surface area contributed by atoms with E-state index < -0.39 is 5.76 Å². The lowest BCUT2D eigenvalue weighted by atomic mass is 10.3. The lowest BCUT2D eigenvalue weighted by Crippen LogP contribution is -2.27. The Kier molecular flexibility index (Phi) is 3.40. The molecule has 2 aromatic heterocycles. The Bertz CT molecular complexity index is 735. The summed E-state index contributed by atoms with van der Waals surface area (Å²) in [7, 11) is 0. The van der Waals surface area contributed by atoms with Crippen molar-refractivity contribution in [2.45, 2.75) is 12.8 Å². The van der Waals surface area contributed by atoms with Crippen molar-refractivity contribution < 1.29 is 19.1 Å². The molecular weight excluding hydrogens is 280 g/mol. The van der Waals surface area contributed by atoms with Crippen molar-refractivity contribution in [3.8, 4) is 11.6 Å². The molecule has 9 heteroatoms. The van der Waals surface area contributed by atoms with Crippen molar-refractivity contribution in [2.24, 2.45) is 0 Å². The summed E-state index contributed by atoms with van der Waals surface area (Å²) in [6, 6.07) is 3.13. The zero-order valence-electron chi connectivity index (χ0n) is 10.9. The zero-order chi connectivity index (χ0) is 14.8. The highest BCUT2D eigenvalue weighted by atomic mass is 16.5.